The van der Waals surface area contributed by atoms with Crippen molar-refractivity contribution in [1.82, 2.24) is 0 Å². The van der Waals surface area contributed by atoms with Gasteiger partial charge in [-0.1, -0.05) is 0 Å². The van der Waals surface area contributed by atoms with Crippen LogP contribution in [0.5, 0.6) is 0 Å². The lowest BCUT2D eigenvalue weighted by atomic mass is 10.4. The van der Waals surface area contributed by atoms with Gasteiger partial charge >= 0.3 is 11.9 Å². The third kappa shape index (κ3) is 5.12. The van der Waals surface area contributed by atoms with Gasteiger partial charge in [0.1, 0.15) is 0 Å². The standard InChI is InChI=1S/C6H10O7/c1-3(7)5(9)11-13-12-6(10)4(2)8/h3-4,7-8H,1-2H3/t3-,4-/m0/s1. The Bertz CT molecular complexity index is 165. The molecule has 0 unspecified atom stereocenters. The Morgan fingerprint density at radius 3 is 1.54 bits per heavy atom. The number of hydrogen-bond donors (Lipinski definition) is 2. The summed E-state index contributed by atoms with van der Waals surface area (Å²) in [6.45, 7) is 2.28. The fraction of sp³-hybridized carbons (Fsp3) is 0.667. The minimum atomic E-state index is -1.38. The zero-order chi connectivity index (χ0) is 10.4. The highest BCUT2D eigenvalue weighted by molar-refractivity contribution is 5.74. The van der Waals surface area contributed by atoms with Gasteiger partial charge in [0.25, 0.3) is 0 Å². The fourth-order valence-electron chi connectivity index (χ4n) is 0.223. The van der Waals surface area contributed by atoms with Crippen LogP contribution in [0.15, 0.2) is 0 Å². The molecule has 76 valence electrons. The van der Waals surface area contributed by atoms with Gasteiger partial charge in [-0.05, 0) is 13.8 Å². The topological polar surface area (TPSA) is 102 Å². The van der Waals surface area contributed by atoms with Crippen molar-refractivity contribution < 1.29 is 34.6 Å². The first-order valence-electron chi connectivity index (χ1n) is 3.40. The maximum absolute atomic E-state index is 10.4. The van der Waals surface area contributed by atoms with Gasteiger partial charge in [-0.2, -0.15) is 0 Å². The molecule has 0 aliphatic heterocycles. The van der Waals surface area contributed by atoms with Gasteiger partial charge in [0, 0.05) is 5.04 Å². The lowest BCUT2D eigenvalue weighted by molar-refractivity contribution is -0.462. The Hall–Kier alpha value is -1.18. The monoisotopic (exact) mass is 194 g/mol. The second-order valence-electron chi connectivity index (χ2n) is 2.22. The summed E-state index contributed by atoms with van der Waals surface area (Å²) in [6, 6.07) is 0. The van der Waals surface area contributed by atoms with Crippen molar-refractivity contribution in [1.29, 1.82) is 0 Å². The number of aliphatic hydroxyl groups excluding tert-OH is 2. The third-order valence-electron chi connectivity index (χ3n) is 0.915. The molecule has 0 saturated carbocycles. The molecule has 0 aromatic heterocycles. The number of rotatable bonds is 4. The first-order chi connectivity index (χ1) is 5.95. The zero-order valence-corrected chi connectivity index (χ0v) is 7.09. The van der Waals surface area contributed by atoms with E-state index in [2.05, 4.69) is 14.8 Å². The van der Waals surface area contributed by atoms with E-state index in [9.17, 15) is 9.59 Å². The van der Waals surface area contributed by atoms with Gasteiger partial charge in [-0.25, -0.2) is 9.59 Å². The molecular formula is C6H10O7. The van der Waals surface area contributed by atoms with Crippen LogP contribution in [-0.4, -0.2) is 34.4 Å². The minimum absolute atomic E-state index is 1.11. The number of carbonyl (C=O) groups excluding carboxylic acids is 2. The Labute approximate surface area is 73.7 Å². The molecule has 0 bridgehead atoms. The molecular weight excluding hydrogens is 184 g/mol. The summed E-state index contributed by atoms with van der Waals surface area (Å²) in [5, 5.41) is 20.8. The molecule has 0 radical (unpaired) electrons. The number of aliphatic hydroxyl groups is 2. The summed E-state index contributed by atoms with van der Waals surface area (Å²) < 4.78 is 0. The third-order valence-corrected chi connectivity index (χ3v) is 0.915. The molecule has 0 heterocycles. The summed E-state index contributed by atoms with van der Waals surface area (Å²) in [5.74, 6) is -2.23. The van der Waals surface area contributed by atoms with Gasteiger partial charge in [0.05, 0.1) is 0 Å². The summed E-state index contributed by atoms with van der Waals surface area (Å²) in [4.78, 5) is 28.4. The van der Waals surface area contributed by atoms with E-state index >= 15 is 0 Å². The van der Waals surface area contributed by atoms with E-state index in [0.29, 0.717) is 0 Å². The van der Waals surface area contributed by atoms with E-state index in [4.69, 9.17) is 10.2 Å². The van der Waals surface area contributed by atoms with Crippen LogP contribution in [0.4, 0.5) is 0 Å². The maximum Gasteiger partial charge on any atom is 0.374 e. The smallest absolute Gasteiger partial charge is 0.374 e. The Balaban J connectivity index is 3.57. The number of hydrogen-bond acceptors (Lipinski definition) is 7. The van der Waals surface area contributed by atoms with Crippen LogP contribution in [0, 0.1) is 0 Å². The highest BCUT2D eigenvalue weighted by Gasteiger charge is 2.16. The molecule has 2 N–H and O–H groups in total. The molecule has 2 atom stereocenters. The minimum Gasteiger partial charge on any atom is -0.382 e. The molecule has 0 aromatic rings. The molecule has 13 heavy (non-hydrogen) atoms. The second-order valence-corrected chi connectivity index (χ2v) is 2.22. The van der Waals surface area contributed by atoms with Crippen LogP contribution in [0.3, 0.4) is 0 Å². The van der Waals surface area contributed by atoms with Crippen LogP contribution < -0.4 is 0 Å². The van der Waals surface area contributed by atoms with Crippen molar-refractivity contribution in [3.63, 3.8) is 0 Å². The van der Waals surface area contributed by atoms with E-state index in [1.165, 1.54) is 0 Å². The molecule has 0 fully saturated rings. The van der Waals surface area contributed by atoms with Gasteiger partial charge in [-0.3, -0.25) is 9.78 Å². The zero-order valence-electron chi connectivity index (χ0n) is 7.09. The lowest BCUT2D eigenvalue weighted by Crippen LogP contribution is -2.23. The molecule has 7 heteroatoms. The Morgan fingerprint density at radius 1 is 1.00 bits per heavy atom. The average Bonchev–Trinajstić information content (AvgIpc) is 2.03. The van der Waals surface area contributed by atoms with E-state index < -0.39 is 24.1 Å². The van der Waals surface area contributed by atoms with Crippen molar-refractivity contribution in [2.45, 2.75) is 26.1 Å². The SMILES string of the molecule is C[C@H](O)C(=O)OOOC(=O)[C@H](C)O. The van der Waals surface area contributed by atoms with Crippen molar-refractivity contribution in [2.75, 3.05) is 0 Å². The molecule has 0 aliphatic carbocycles. The predicted octanol–water partition coefficient (Wildman–Crippen LogP) is -1.32. The lowest BCUT2D eigenvalue weighted by Gasteiger charge is -2.04. The Kier molecular flexibility index (Phi) is 4.97. The van der Waals surface area contributed by atoms with Crippen LogP contribution in [-0.2, 0) is 24.4 Å². The van der Waals surface area contributed by atoms with Crippen LogP contribution in [0.25, 0.3) is 0 Å². The van der Waals surface area contributed by atoms with Crippen molar-refractivity contribution >= 4 is 11.9 Å². The van der Waals surface area contributed by atoms with Gasteiger partial charge in [0.2, 0.25) is 0 Å². The Morgan fingerprint density at radius 2 is 1.31 bits per heavy atom. The van der Waals surface area contributed by atoms with Crippen molar-refractivity contribution in [3.8, 4) is 0 Å². The summed E-state index contributed by atoms with van der Waals surface area (Å²) in [6.07, 6.45) is -2.77. The molecule has 0 rings (SSSR count). The maximum atomic E-state index is 10.4. The fourth-order valence-corrected chi connectivity index (χ4v) is 0.223. The van der Waals surface area contributed by atoms with Crippen molar-refractivity contribution in [2.24, 2.45) is 0 Å². The van der Waals surface area contributed by atoms with Crippen LogP contribution in [0.1, 0.15) is 13.8 Å². The quantitative estimate of drug-likeness (QED) is 0.422. The normalized spacial score (nSPS) is 14.5. The van der Waals surface area contributed by atoms with Gasteiger partial charge in [-0.15, -0.1) is 0 Å². The molecule has 0 spiro atoms. The average molecular weight is 194 g/mol. The second kappa shape index (κ2) is 5.46. The first kappa shape index (κ1) is 11.8. The highest BCUT2D eigenvalue weighted by atomic mass is 17.5. The highest BCUT2D eigenvalue weighted by Crippen LogP contribution is 1.92. The van der Waals surface area contributed by atoms with E-state index in [1.807, 2.05) is 0 Å². The largest absolute Gasteiger partial charge is 0.382 e. The van der Waals surface area contributed by atoms with Crippen molar-refractivity contribution in [3.05, 3.63) is 0 Å². The summed E-state index contributed by atoms with van der Waals surface area (Å²) >= 11 is 0. The first-order valence-corrected chi connectivity index (χ1v) is 3.40. The molecule has 0 aromatic carbocycles. The molecule has 0 aliphatic rings. The van der Waals surface area contributed by atoms with Gasteiger partial charge < -0.3 is 10.2 Å². The predicted molar refractivity (Wildman–Crippen MR) is 36.6 cm³/mol. The summed E-state index contributed by atoms with van der Waals surface area (Å²) in [7, 11) is 0. The molecule has 7 nitrogen and oxygen atoms in total. The van der Waals surface area contributed by atoms with E-state index in [0.717, 1.165) is 13.8 Å². The summed E-state index contributed by atoms with van der Waals surface area (Å²) in [5.41, 5.74) is 0. The number of carbonyl (C=O) groups is 2. The van der Waals surface area contributed by atoms with E-state index in [-0.39, 0.29) is 0 Å². The van der Waals surface area contributed by atoms with Gasteiger partial charge in [0.15, 0.2) is 12.2 Å². The van der Waals surface area contributed by atoms with Crippen LogP contribution in [0.2, 0.25) is 0 Å². The van der Waals surface area contributed by atoms with E-state index in [1.54, 1.807) is 0 Å². The molecule has 0 saturated heterocycles. The van der Waals surface area contributed by atoms with Crippen LogP contribution >= 0.6 is 0 Å². The molecule has 0 amide bonds.